The van der Waals surface area contributed by atoms with Gasteiger partial charge in [-0.25, -0.2) is 9.97 Å². The molecule has 2 heterocycles. The molecule has 5 nitrogen and oxygen atoms in total. The van der Waals surface area contributed by atoms with Crippen LogP contribution in [0.3, 0.4) is 0 Å². The molecule has 1 aliphatic rings. The number of piperazine rings is 1. The molecule has 6 heteroatoms. The molecule has 1 atom stereocenters. The molecule has 1 saturated heterocycles. The Morgan fingerprint density at radius 1 is 1.33 bits per heavy atom. The van der Waals surface area contributed by atoms with Gasteiger partial charge in [-0.2, -0.15) is 0 Å². The Morgan fingerprint density at radius 2 is 1.94 bits per heavy atom. The van der Waals surface area contributed by atoms with Crippen molar-refractivity contribution in [3.8, 4) is 0 Å². The van der Waals surface area contributed by atoms with Gasteiger partial charge in [-0.1, -0.05) is 6.92 Å². The van der Waals surface area contributed by atoms with Crippen molar-refractivity contribution in [3.63, 3.8) is 0 Å². The van der Waals surface area contributed by atoms with Gasteiger partial charge in [0.25, 0.3) is 0 Å². The Bertz CT molecular complexity index is 392. The van der Waals surface area contributed by atoms with Crippen LogP contribution in [-0.2, 0) is 4.79 Å². The van der Waals surface area contributed by atoms with Crippen LogP contribution in [0.25, 0.3) is 0 Å². The molecule has 18 heavy (non-hydrogen) atoms. The Balaban J connectivity index is 1.90. The molecule has 1 aromatic rings. The lowest BCUT2D eigenvalue weighted by atomic mass is 10.1. The number of hydrogen-bond donors (Lipinski definition) is 0. The minimum Gasteiger partial charge on any atom is -0.339 e. The van der Waals surface area contributed by atoms with E-state index >= 15 is 0 Å². The van der Waals surface area contributed by atoms with E-state index in [0.29, 0.717) is 19.0 Å². The first-order valence-electron chi connectivity index (χ1n) is 6.09. The molecule has 2 rings (SSSR count). The monoisotopic (exact) mass is 268 g/mol. The number of aromatic nitrogens is 2. The molecule has 0 aliphatic carbocycles. The maximum absolute atomic E-state index is 12.0. The van der Waals surface area contributed by atoms with E-state index in [1.165, 1.54) is 0 Å². The molecule has 1 aromatic heterocycles. The van der Waals surface area contributed by atoms with Crippen LogP contribution in [-0.4, -0.2) is 52.8 Å². The molecule has 1 unspecified atom stereocenters. The van der Waals surface area contributed by atoms with Gasteiger partial charge in [0.1, 0.15) is 0 Å². The maximum atomic E-state index is 12.0. The lowest BCUT2D eigenvalue weighted by Crippen LogP contribution is -2.50. The van der Waals surface area contributed by atoms with Gasteiger partial charge in [-0.3, -0.25) is 4.79 Å². The second-order valence-corrected chi connectivity index (χ2v) is 4.73. The average Bonchev–Trinajstić information content (AvgIpc) is 2.47. The number of carbonyl (C=O) groups is 1. The summed E-state index contributed by atoms with van der Waals surface area (Å²) in [4.78, 5) is 24.4. The van der Waals surface area contributed by atoms with Crippen molar-refractivity contribution in [1.29, 1.82) is 0 Å². The topological polar surface area (TPSA) is 49.3 Å². The van der Waals surface area contributed by atoms with Crippen molar-refractivity contribution in [2.24, 2.45) is 5.92 Å². The smallest absolute Gasteiger partial charge is 0.226 e. The summed E-state index contributed by atoms with van der Waals surface area (Å²) in [6, 6.07) is 1.80. The summed E-state index contributed by atoms with van der Waals surface area (Å²) in [5.41, 5.74) is 0. The van der Waals surface area contributed by atoms with Crippen molar-refractivity contribution < 1.29 is 4.79 Å². The van der Waals surface area contributed by atoms with Gasteiger partial charge in [0.15, 0.2) is 0 Å². The molecule has 0 bridgehead atoms. The second kappa shape index (κ2) is 6.00. The van der Waals surface area contributed by atoms with E-state index in [1.807, 2.05) is 11.8 Å². The van der Waals surface area contributed by atoms with E-state index in [9.17, 15) is 4.79 Å². The van der Waals surface area contributed by atoms with Crippen molar-refractivity contribution in [2.45, 2.75) is 6.92 Å². The molecule has 1 fully saturated rings. The van der Waals surface area contributed by atoms with E-state index < -0.39 is 0 Å². The summed E-state index contributed by atoms with van der Waals surface area (Å²) in [6.07, 6.45) is 3.46. The Hall–Kier alpha value is -1.36. The predicted molar refractivity (Wildman–Crippen MR) is 70.7 cm³/mol. The highest BCUT2D eigenvalue weighted by molar-refractivity contribution is 6.19. The molecule has 0 spiro atoms. The molecule has 0 saturated carbocycles. The average molecular weight is 269 g/mol. The third-order valence-corrected chi connectivity index (χ3v) is 3.54. The zero-order chi connectivity index (χ0) is 13.0. The quantitative estimate of drug-likeness (QED) is 0.768. The number of anilines is 1. The molecule has 98 valence electrons. The van der Waals surface area contributed by atoms with Crippen LogP contribution in [0.5, 0.6) is 0 Å². The summed E-state index contributed by atoms with van der Waals surface area (Å²) >= 11 is 5.71. The van der Waals surface area contributed by atoms with E-state index in [2.05, 4.69) is 14.9 Å². The standard InChI is InChI=1S/C12H17ClN4O/c1-10(9-13)11(18)16-5-7-17(8-6-16)12-14-3-2-4-15-12/h2-4,10H,5-9H2,1H3. The molecule has 0 radical (unpaired) electrons. The molecule has 0 aromatic carbocycles. The third-order valence-electron chi connectivity index (χ3n) is 3.08. The first-order valence-corrected chi connectivity index (χ1v) is 6.62. The van der Waals surface area contributed by atoms with Gasteiger partial charge in [-0.15, -0.1) is 11.6 Å². The molecular weight excluding hydrogens is 252 g/mol. The van der Waals surface area contributed by atoms with Gasteiger partial charge >= 0.3 is 0 Å². The first-order chi connectivity index (χ1) is 8.72. The molecular formula is C12H17ClN4O. The van der Waals surface area contributed by atoms with Crippen molar-refractivity contribution in [2.75, 3.05) is 37.0 Å². The van der Waals surface area contributed by atoms with Crippen LogP contribution in [0.1, 0.15) is 6.92 Å². The van der Waals surface area contributed by atoms with E-state index in [1.54, 1.807) is 18.5 Å². The number of hydrogen-bond acceptors (Lipinski definition) is 4. The number of rotatable bonds is 3. The Kier molecular flexibility index (Phi) is 4.36. The van der Waals surface area contributed by atoms with Crippen LogP contribution < -0.4 is 4.90 Å². The number of carbonyl (C=O) groups excluding carboxylic acids is 1. The SMILES string of the molecule is CC(CCl)C(=O)N1CCN(c2ncccn2)CC1. The Labute approximate surface area is 112 Å². The third kappa shape index (κ3) is 2.90. The minimum absolute atomic E-state index is 0.105. The van der Waals surface area contributed by atoms with Crippen LogP contribution in [0.2, 0.25) is 0 Å². The van der Waals surface area contributed by atoms with Gasteiger partial charge in [0.05, 0.1) is 0 Å². The van der Waals surface area contributed by atoms with Gasteiger partial charge in [0.2, 0.25) is 11.9 Å². The van der Waals surface area contributed by atoms with Gasteiger partial charge < -0.3 is 9.80 Å². The zero-order valence-corrected chi connectivity index (χ0v) is 11.2. The number of halogens is 1. The highest BCUT2D eigenvalue weighted by atomic mass is 35.5. The first kappa shape index (κ1) is 13.1. The second-order valence-electron chi connectivity index (χ2n) is 4.42. The van der Waals surface area contributed by atoms with Crippen molar-refractivity contribution in [3.05, 3.63) is 18.5 Å². The highest BCUT2D eigenvalue weighted by Crippen LogP contribution is 2.12. The summed E-state index contributed by atoms with van der Waals surface area (Å²) < 4.78 is 0. The number of nitrogens with zero attached hydrogens (tertiary/aromatic N) is 4. The summed E-state index contributed by atoms with van der Waals surface area (Å²) in [7, 11) is 0. The fourth-order valence-electron chi connectivity index (χ4n) is 1.96. The zero-order valence-electron chi connectivity index (χ0n) is 10.4. The van der Waals surface area contributed by atoms with E-state index in [0.717, 1.165) is 19.0 Å². The van der Waals surface area contributed by atoms with E-state index in [-0.39, 0.29) is 11.8 Å². The maximum Gasteiger partial charge on any atom is 0.226 e. The lowest BCUT2D eigenvalue weighted by Gasteiger charge is -2.35. The van der Waals surface area contributed by atoms with Crippen LogP contribution >= 0.6 is 11.6 Å². The van der Waals surface area contributed by atoms with Crippen molar-refractivity contribution >= 4 is 23.5 Å². The van der Waals surface area contributed by atoms with Crippen molar-refractivity contribution in [1.82, 2.24) is 14.9 Å². The minimum atomic E-state index is -0.105. The number of alkyl halides is 1. The van der Waals surface area contributed by atoms with Crippen LogP contribution in [0.15, 0.2) is 18.5 Å². The lowest BCUT2D eigenvalue weighted by molar-refractivity contribution is -0.134. The Morgan fingerprint density at radius 3 is 2.50 bits per heavy atom. The summed E-state index contributed by atoms with van der Waals surface area (Å²) in [6.45, 7) is 4.81. The van der Waals surface area contributed by atoms with Gasteiger partial charge in [0, 0.05) is 50.4 Å². The summed E-state index contributed by atoms with van der Waals surface area (Å²) in [5.74, 6) is 1.14. The molecule has 1 aliphatic heterocycles. The largest absolute Gasteiger partial charge is 0.339 e. The highest BCUT2D eigenvalue weighted by Gasteiger charge is 2.25. The molecule has 1 amide bonds. The van der Waals surface area contributed by atoms with Gasteiger partial charge in [-0.05, 0) is 6.07 Å². The van der Waals surface area contributed by atoms with E-state index in [4.69, 9.17) is 11.6 Å². The fraction of sp³-hybridized carbons (Fsp3) is 0.583. The number of amides is 1. The summed E-state index contributed by atoms with van der Waals surface area (Å²) in [5, 5.41) is 0. The predicted octanol–water partition coefficient (Wildman–Crippen LogP) is 1.00. The molecule has 0 N–H and O–H groups in total. The van der Waals surface area contributed by atoms with Crippen LogP contribution in [0, 0.1) is 5.92 Å². The van der Waals surface area contributed by atoms with Crippen LogP contribution in [0.4, 0.5) is 5.95 Å². The normalized spacial score (nSPS) is 17.7. The fourth-order valence-corrected chi connectivity index (χ4v) is 2.09.